The van der Waals surface area contributed by atoms with Crippen molar-refractivity contribution < 1.29 is 19.2 Å². The first kappa shape index (κ1) is 21.6. The number of amides is 3. The lowest BCUT2D eigenvalue weighted by Gasteiger charge is -2.53. The highest BCUT2D eigenvalue weighted by Gasteiger charge is 2.55. The average Bonchev–Trinajstić information content (AvgIpc) is 2.83. The van der Waals surface area contributed by atoms with Crippen LogP contribution >= 0.6 is 0 Å². The number of anilines is 1. The zero-order valence-corrected chi connectivity index (χ0v) is 18.8. The van der Waals surface area contributed by atoms with E-state index >= 15 is 0 Å². The van der Waals surface area contributed by atoms with Gasteiger partial charge >= 0.3 is 6.03 Å². The Morgan fingerprint density at radius 2 is 1.88 bits per heavy atom. The normalized spacial score (nSPS) is 21.0. The lowest BCUT2D eigenvalue weighted by atomic mass is 9.88. The molecule has 2 atom stereocenters. The summed E-state index contributed by atoms with van der Waals surface area (Å²) in [6, 6.07) is 19.3. The number of urea groups is 1. The molecule has 2 aliphatic heterocycles. The van der Waals surface area contributed by atoms with Crippen LogP contribution in [0.15, 0.2) is 72.8 Å². The number of ether oxygens (including phenoxy) is 1. The first-order chi connectivity index (χ1) is 16.3. The molecule has 0 aromatic heterocycles. The number of para-hydroxylation sites is 1. The van der Waals surface area contributed by atoms with Gasteiger partial charge in [0, 0.05) is 35.4 Å². The monoisotopic (exact) mass is 457 g/mol. The summed E-state index contributed by atoms with van der Waals surface area (Å²) in [7, 11) is 0. The summed E-state index contributed by atoms with van der Waals surface area (Å²) in [4.78, 5) is 41.2. The van der Waals surface area contributed by atoms with Crippen LogP contribution < -0.4 is 9.64 Å². The summed E-state index contributed by atoms with van der Waals surface area (Å²) in [5.74, 6) is 0.0105. The molecule has 0 saturated carbocycles. The van der Waals surface area contributed by atoms with Crippen LogP contribution in [-0.4, -0.2) is 27.5 Å². The molecule has 34 heavy (non-hydrogen) atoms. The van der Waals surface area contributed by atoms with Gasteiger partial charge in [-0.05, 0) is 43.2 Å². The molecule has 0 N–H and O–H groups in total. The van der Waals surface area contributed by atoms with E-state index in [0.717, 1.165) is 17.5 Å². The molecule has 0 radical (unpaired) electrons. The third-order valence-electron chi connectivity index (χ3n) is 6.46. The van der Waals surface area contributed by atoms with Crippen molar-refractivity contribution >= 4 is 23.3 Å². The number of nitro benzene ring substituents is 1. The quantitative estimate of drug-likeness (QED) is 0.382. The Morgan fingerprint density at radius 3 is 2.65 bits per heavy atom. The Labute approximate surface area is 196 Å². The predicted octanol–water partition coefficient (Wildman–Crippen LogP) is 5.48. The molecule has 0 aliphatic carbocycles. The van der Waals surface area contributed by atoms with E-state index in [1.807, 2.05) is 62.4 Å². The number of nitro groups is 1. The molecule has 1 fully saturated rings. The van der Waals surface area contributed by atoms with Crippen LogP contribution in [0.1, 0.15) is 47.8 Å². The topological polar surface area (TPSA) is 93.0 Å². The Balaban J connectivity index is 1.66. The van der Waals surface area contributed by atoms with Crippen LogP contribution in [0.25, 0.3) is 0 Å². The van der Waals surface area contributed by atoms with Crippen LogP contribution in [0.2, 0.25) is 0 Å². The lowest BCUT2D eigenvalue weighted by Crippen LogP contribution is -2.67. The second kappa shape index (κ2) is 7.98. The van der Waals surface area contributed by atoms with Gasteiger partial charge in [0.1, 0.15) is 5.75 Å². The van der Waals surface area contributed by atoms with E-state index in [1.165, 1.54) is 34.1 Å². The number of benzene rings is 3. The van der Waals surface area contributed by atoms with Crippen LogP contribution in [0.5, 0.6) is 5.75 Å². The smallest absolute Gasteiger partial charge is 0.335 e. The third kappa shape index (κ3) is 3.39. The fraction of sp³-hybridized carbons (Fsp3) is 0.231. The van der Waals surface area contributed by atoms with E-state index < -0.39 is 28.6 Å². The van der Waals surface area contributed by atoms with E-state index in [-0.39, 0.29) is 11.3 Å². The molecule has 8 nitrogen and oxygen atoms in total. The largest absolute Gasteiger partial charge is 0.467 e. The fourth-order valence-electron chi connectivity index (χ4n) is 4.83. The zero-order valence-electron chi connectivity index (χ0n) is 18.8. The standard InChI is InChI=1S/C26H23N3O5/c1-3-17-8-6-10-19(14-17)28-25(31)27(24(30)18-9-7-11-20(15-18)29(32)33)22-16-26(28,2)34-23-13-5-4-12-21(22)23/h4-15,22H,3,16H2,1-2H3. The lowest BCUT2D eigenvalue weighted by molar-refractivity contribution is -0.384. The maximum Gasteiger partial charge on any atom is 0.335 e. The van der Waals surface area contributed by atoms with Crippen molar-refractivity contribution in [1.29, 1.82) is 0 Å². The van der Waals surface area contributed by atoms with E-state index in [2.05, 4.69) is 0 Å². The van der Waals surface area contributed by atoms with Gasteiger partial charge in [0.05, 0.1) is 11.0 Å². The molecule has 0 spiro atoms. The summed E-state index contributed by atoms with van der Waals surface area (Å²) in [5.41, 5.74) is 1.26. The minimum Gasteiger partial charge on any atom is -0.467 e. The van der Waals surface area contributed by atoms with Gasteiger partial charge in [0.25, 0.3) is 11.6 Å². The van der Waals surface area contributed by atoms with Crippen LogP contribution in [0.3, 0.4) is 0 Å². The van der Waals surface area contributed by atoms with Gasteiger partial charge < -0.3 is 4.74 Å². The van der Waals surface area contributed by atoms with Crippen molar-refractivity contribution in [2.75, 3.05) is 4.90 Å². The average molecular weight is 457 g/mol. The molecule has 2 aliphatic rings. The number of rotatable bonds is 4. The maximum absolute atomic E-state index is 14.0. The molecule has 3 aromatic rings. The molecule has 3 aromatic carbocycles. The summed E-state index contributed by atoms with van der Waals surface area (Å²) >= 11 is 0. The van der Waals surface area contributed by atoms with Crippen molar-refractivity contribution in [3.8, 4) is 5.75 Å². The van der Waals surface area contributed by atoms with Crippen molar-refractivity contribution in [3.05, 3.63) is 99.6 Å². The van der Waals surface area contributed by atoms with Gasteiger partial charge in [-0.2, -0.15) is 0 Å². The predicted molar refractivity (Wildman–Crippen MR) is 126 cm³/mol. The van der Waals surface area contributed by atoms with E-state index in [4.69, 9.17) is 4.74 Å². The molecule has 5 rings (SSSR count). The van der Waals surface area contributed by atoms with Crippen molar-refractivity contribution in [2.45, 2.75) is 38.5 Å². The van der Waals surface area contributed by atoms with E-state index in [0.29, 0.717) is 17.9 Å². The second-order valence-electron chi connectivity index (χ2n) is 8.66. The van der Waals surface area contributed by atoms with Gasteiger partial charge in [0.2, 0.25) is 0 Å². The van der Waals surface area contributed by atoms with Crippen LogP contribution in [0.4, 0.5) is 16.2 Å². The molecule has 3 amide bonds. The molecule has 2 heterocycles. The minimum atomic E-state index is -1.01. The van der Waals surface area contributed by atoms with Crippen LogP contribution in [0, 0.1) is 10.1 Å². The summed E-state index contributed by atoms with van der Waals surface area (Å²) in [6.45, 7) is 3.88. The summed E-state index contributed by atoms with van der Waals surface area (Å²) in [6.07, 6.45) is 1.14. The molecule has 2 bridgehead atoms. The zero-order chi connectivity index (χ0) is 24.0. The minimum absolute atomic E-state index is 0.0809. The summed E-state index contributed by atoms with van der Waals surface area (Å²) < 4.78 is 6.36. The van der Waals surface area contributed by atoms with Crippen molar-refractivity contribution in [2.24, 2.45) is 0 Å². The van der Waals surface area contributed by atoms with E-state index in [9.17, 15) is 19.7 Å². The molecule has 172 valence electrons. The van der Waals surface area contributed by atoms with Gasteiger partial charge in [-0.3, -0.25) is 24.7 Å². The number of hydrogen-bond donors (Lipinski definition) is 0. The second-order valence-corrected chi connectivity index (χ2v) is 8.66. The highest BCUT2D eigenvalue weighted by atomic mass is 16.6. The van der Waals surface area contributed by atoms with Crippen molar-refractivity contribution in [1.82, 2.24) is 4.90 Å². The number of aryl methyl sites for hydroxylation is 1. The molecule has 8 heteroatoms. The molecular formula is C26H23N3O5. The Morgan fingerprint density at radius 1 is 1.12 bits per heavy atom. The highest BCUT2D eigenvalue weighted by Crippen LogP contribution is 2.49. The van der Waals surface area contributed by atoms with Gasteiger partial charge in [0.15, 0.2) is 5.72 Å². The number of fused-ring (bicyclic) bond motifs is 4. The summed E-state index contributed by atoms with van der Waals surface area (Å²) in [5, 5.41) is 11.3. The molecule has 2 unspecified atom stereocenters. The van der Waals surface area contributed by atoms with E-state index in [1.54, 1.807) is 0 Å². The molecular weight excluding hydrogens is 434 g/mol. The number of carbonyl (C=O) groups is 2. The molecule has 1 saturated heterocycles. The third-order valence-corrected chi connectivity index (χ3v) is 6.46. The fourth-order valence-corrected chi connectivity index (χ4v) is 4.83. The number of non-ortho nitro benzene ring substituents is 1. The Hall–Kier alpha value is -4.20. The Kier molecular flexibility index (Phi) is 5.08. The van der Waals surface area contributed by atoms with Gasteiger partial charge in [-0.1, -0.05) is 43.3 Å². The SMILES string of the molecule is CCc1cccc(N2C(=O)N(C(=O)c3cccc([N+](=O)[O-])c3)C3CC2(C)Oc2ccccc23)c1. The van der Waals surface area contributed by atoms with Gasteiger partial charge in [-0.25, -0.2) is 4.79 Å². The van der Waals surface area contributed by atoms with Gasteiger partial charge in [-0.15, -0.1) is 0 Å². The number of imide groups is 1. The highest BCUT2D eigenvalue weighted by molar-refractivity contribution is 6.10. The number of hydrogen-bond acceptors (Lipinski definition) is 5. The van der Waals surface area contributed by atoms with Crippen molar-refractivity contribution in [3.63, 3.8) is 0 Å². The number of nitrogens with zero attached hydrogens (tertiary/aromatic N) is 3. The first-order valence-electron chi connectivity index (χ1n) is 11.1. The van der Waals surface area contributed by atoms with Crippen LogP contribution in [-0.2, 0) is 6.42 Å². The number of carbonyl (C=O) groups excluding carboxylic acids is 2. The first-order valence-corrected chi connectivity index (χ1v) is 11.1. The Bertz CT molecular complexity index is 1320. The maximum atomic E-state index is 14.0.